The van der Waals surface area contributed by atoms with Crippen LogP contribution in [0.3, 0.4) is 0 Å². The van der Waals surface area contributed by atoms with Crippen molar-refractivity contribution in [1.29, 1.82) is 0 Å². The number of rotatable bonds is 23. The molecule has 0 N–H and O–H groups in total. The molecule has 4 rings (SSSR count). The Morgan fingerprint density at radius 3 is 1.65 bits per heavy atom. The number of hydrogen-bond acceptors (Lipinski definition) is 1. The highest BCUT2D eigenvalue weighted by atomic mass is 14.7. The van der Waals surface area contributed by atoms with Crippen molar-refractivity contribution in [3.8, 4) is 22.3 Å². The van der Waals surface area contributed by atoms with E-state index in [1.165, 1.54) is 134 Å². The van der Waals surface area contributed by atoms with Crippen LogP contribution in [0.2, 0.25) is 0 Å². The summed E-state index contributed by atoms with van der Waals surface area (Å²) in [5.74, 6) is 0. The molecule has 0 aromatic heterocycles. The minimum absolute atomic E-state index is 0.952. The van der Waals surface area contributed by atoms with E-state index < -0.39 is 0 Å². The van der Waals surface area contributed by atoms with Crippen molar-refractivity contribution >= 4 is 17.5 Å². The molecular weight excluding hydrogens is 615 g/mol. The number of benzene rings is 4. The van der Waals surface area contributed by atoms with E-state index >= 15 is 0 Å². The maximum atomic E-state index is 5.39. The van der Waals surface area contributed by atoms with Gasteiger partial charge in [0.25, 0.3) is 0 Å². The van der Waals surface area contributed by atoms with Gasteiger partial charge in [0.15, 0.2) is 0 Å². The largest absolute Gasteiger partial charge is 0.253 e. The molecule has 0 radical (unpaired) electrons. The first-order chi connectivity index (χ1) is 25.1. The molecule has 0 heterocycles. The smallest absolute Gasteiger partial charge is 0.0642 e. The van der Waals surface area contributed by atoms with Crippen LogP contribution in [0, 0.1) is 0 Å². The third-order valence-electron chi connectivity index (χ3n) is 10.5. The van der Waals surface area contributed by atoms with Crippen LogP contribution in [0.4, 0.5) is 5.69 Å². The minimum atomic E-state index is 0.952. The van der Waals surface area contributed by atoms with E-state index in [1.54, 1.807) is 5.56 Å². The zero-order valence-corrected chi connectivity index (χ0v) is 32.9. The highest BCUT2D eigenvalue weighted by Crippen LogP contribution is 2.35. The molecule has 0 atom stereocenters. The monoisotopic (exact) mass is 682 g/mol. The first kappa shape index (κ1) is 40.1. The van der Waals surface area contributed by atoms with Gasteiger partial charge < -0.3 is 0 Å². The molecule has 0 fully saturated rings. The second-order valence-electron chi connectivity index (χ2n) is 14.6. The molecule has 0 spiro atoms. The molecule has 1 nitrogen and oxygen atoms in total. The summed E-state index contributed by atoms with van der Waals surface area (Å²) in [6.45, 7) is 11.4. The molecular formula is C50H67N. The third-order valence-corrected chi connectivity index (χ3v) is 10.5. The summed E-state index contributed by atoms with van der Waals surface area (Å²) in [5.41, 5.74) is 14.7. The summed E-state index contributed by atoms with van der Waals surface area (Å²) in [5, 5.41) is 0. The summed E-state index contributed by atoms with van der Waals surface area (Å²) < 4.78 is 0. The van der Waals surface area contributed by atoms with Gasteiger partial charge in [0.05, 0.1) is 5.69 Å². The van der Waals surface area contributed by atoms with Gasteiger partial charge in [0.1, 0.15) is 0 Å². The van der Waals surface area contributed by atoms with Crippen LogP contribution in [0.1, 0.15) is 153 Å². The minimum Gasteiger partial charge on any atom is -0.253 e. The fourth-order valence-electron chi connectivity index (χ4n) is 7.48. The van der Waals surface area contributed by atoms with Crippen molar-refractivity contribution in [2.45, 2.75) is 150 Å². The van der Waals surface area contributed by atoms with Gasteiger partial charge >= 0.3 is 0 Å². The van der Waals surface area contributed by atoms with Crippen LogP contribution in [0.15, 0.2) is 102 Å². The van der Waals surface area contributed by atoms with Gasteiger partial charge in [-0.05, 0) is 120 Å². The summed E-state index contributed by atoms with van der Waals surface area (Å²) >= 11 is 0. The summed E-state index contributed by atoms with van der Waals surface area (Å²) in [6.07, 6.45) is 24.9. The van der Waals surface area contributed by atoms with Crippen LogP contribution in [-0.2, 0) is 19.3 Å². The lowest BCUT2D eigenvalue weighted by atomic mass is 9.88. The molecule has 51 heavy (non-hydrogen) atoms. The van der Waals surface area contributed by atoms with Crippen molar-refractivity contribution in [2.75, 3.05) is 0 Å². The van der Waals surface area contributed by atoms with Crippen molar-refractivity contribution in [2.24, 2.45) is 4.99 Å². The highest BCUT2D eigenvalue weighted by molar-refractivity contribution is 6.03. The first-order valence-corrected chi connectivity index (χ1v) is 20.7. The molecule has 0 aliphatic heterocycles. The summed E-state index contributed by atoms with van der Waals surface area (Å²) in [4.78, 5) is 5.39. The standard InChI is InChI=1S/C50H67N/c1-6-10-13-16-17-26-33-49-46(32-21-15-12-8-3)38-47(39-50(49)44-29-24-19-25-30-44)51-40(5)42(9-4)36-41-34-35-48(43-27-22-18-23-28-43)45(37-41)31-20-14-11-7-2/h18-19,22-25,27-30,34-39H,6-17,20-21,26,31-33H2,1-5H3. The number of hydrogen-bond donors (Lipinski definition) is 0. The lowest BCUT2D eigenvalue weighted by Crippen LogP contribution is -2.01. The number of aliphatic imine (C=N–C) groups is 1. The number of unbranched alkanes of at least 4 members (excludes halogenated alkanes) is 11. The lowest BCUT2D eigenvalue weighted by Gasteiger charge is -2.18. The summed E-state index contributed by atoms with van der Waals surface area (Å²) in [7, 11) is 0. The first-order valence-electron chi connectivity index (χ1n) is 20.7. The summed E-state index contributed by atoms with van der Waals surface area (Å²) in [6, 6.07) is 33.9. The molecule has 0 aliphatic carbocycles. The maximum Gasteiger partial charge on any atom is 0.0642 e. The molecule has 4 aromatic carbocycles. The number of aryl methyl sites for hydroxylation is 2. The Kier molecular flexibility index (Phi) is 18.0. The molecule has 0 amide bonds. The van der Waals surface area contributed by atoms with Crippen LogP contribution in [0.5, 0.6) is 0 Å². The molecule has 0 bridgehead atoms. The van der Waals surface area contributed by atoms with Crippen molar-refractivity contribution < 1.29 is 0 Å². The lowest BCUT2D eigenvalue weighted by molar-refractivity contribution is 0.605. The molecule has 272 valence electrons. The highest BCUT2D eigenvalue weighted by Gasteiger charge is 2.14. The average Bonchev–Trinajstić information content (AvgIpc) is 3.16. The van der Waals surface area contributed by atoms with E-state index in [4.69, 9.17) is 4.99 Å². The van der Waals surface area contributed by atoms with E-state index in [9.17, 15) is 0 Å². The Balaban J connectivity index is 1.69. The van der Waals surface area contributed by atoms with Gasteiger partial charge in [0, 0.05) is 5.71 Å². The average molecular weight is 682 g/mol. The SMILES string of the molecule is CCCCCCCCc1c(CCCCCC)cc(N=C(C)C(=Cc2ccc(-c3ccccc3)c(CCCCCC)c2)CC)cc1-c1ccccc1. The van der Waals surface area contributed by atoms with E-state index in [2.05, 4.69) is 132 Å². The van der Waals surface area contributed by atoms with Gasteiger partial charge in [-0.3, -0.25) is 4.99 Å². The van der Waals surface area contributed by atoms with E-state index in [-0.39, 0.29) is 0 Å². The van der Waals surface area contributed by atoms with E-state index in [0.29, 0.717) is 0 Å². The molecule has 0 saturated heterocycles. The Morgan fingerprint density at radius 2 is 1.04 bits per heavy atom. The zero-order valence-electron chi connectivity index (χ0n) is 32.9. The van der Waals surface area contributed by atoms with Gasteiger partial charge in [-0.1, -0.05) is 177 Å². The molecule has 1 heteroatoms. The number of allylic oxidation sites excluding steroid dienone is 1. The van der Waals surface area contributed by atoms with Gasteiger partial charge in [0.2, 0.25) is 0 Å². The zero-order chi connectivity index (χ0) is 36.1. The van der Waals surface area contributed by atoms with Crippen molar-refractivity contribution in [3.63, 3.8) is 0 Å². The fourth-order valence-corrected chi connectivity index (χ4v) is 7.48. The molecule has 0 unspecified atom stereocenters. The van der Waals surface area contributed by atoms with Crippen LogP contribution < -0.4 is 0 Å². The normalized spacial score (nSPS) is 12.1. The Hall–Kier alpha value is -3.71. The predicted molar refractivity (Wildman–Crippen MR) is 228 cm³/mol. The Labute approximate surface area is 312 Å². The van der Waals surface area contributed by atoms with E-state index in [1.807, 2.05) is 0 Å². The quantitative estimate of drug-likeness (QED) is 0.0546. The van der Waals surface area contributed by atoms with Crippen molar-refractivity contribution in [1.82, 2.24) is 0 Å². The van der Waals surface area contributed by atoms with Crippen LogP contribution in [-0.4, -0.2) is 5.71 Å². The molecule has 0 saturated carbocycles. The van der Waals surface area contributed by atoms with Gasteiger partial charge in [-0.25, -0.2) is 0 Å². The topological polar surface area (TPSA) is 12.4 Å². The Bertz CT molecular complexity index is 1630. The third kappa shape index (κ3) is 13.1. The Morgan fingerprint density at radius 1 is 0.510 bits per heavy atom. The second-order valence-corrected chi connectivity index (χ2v) is 14.6. The molecule has 4 aromatic rings. The van der Waals surface area contributed by atoms with Crippen LogP contribution in [0.25, 0.3) is 28.3 Å². The van der Waals surface area contributed by atoms with Crippen molar-refractivity contribution in [3.05, 3.63) is 119 Å². The van der Waals surface area contributed by atoms with Crippen LogP contribution >= 0.6 is 0 Å². The predicted octanol–water partition coefficient (Wildman–Crippen LogP) is 15.8. The second kappa shape index (κ2) is 23.0. The maximum absolute atomic E-state index is 5.39. The fraction of sp³-hybridized carbons (Fsp3) is 0.460. The molecule has 0 aliphatic rings. The van der Waals surface area contributed by atoms with Gasteiger partial charge in [-0.15, -0.1) is 0 Å². The van der Waals surface area contributed by atoms with E-state index in [0.717, 1.165) is 37.1 Å². The number of nitrogens with zero attached hydrogens (tertiary/aromatic N) is 1. The van der Waals surface area contributed by atoms with Gasteiger partial charge in [-0.2, -0.15) is 0 Å².